The van der Waals surface area contributed by atoms with Gasteiger partial charge in [0, 0.05) is 31.7 Å². The second-order valence-corrected chi connectivity index (χ2v) is 7.75. The van der Waals surface area contributed by atoms with E-state index in [1.165, 1.54) is 45.3 Å². The van der Waals surface area contributed by atoms with Gasteiger partial charge in [-0.2, -0.15) is 0 Å². The highest BCUT2D eigenvalue weighted by Crippen LogP contribution is 2.52. The fourth-order valence-electron chi connectivity index (χ4n) is 3.33. The summed E-state index contributed by atoms with van der Waals surface area (Å²) in [7, 11) is 1.99. The summed E-state index contributed by atoms with van der Waals surface area (Å²) < 4.78 is 2.00. The van der Waals surface area contributed by atoms with E-state index in [4.69, 9.17) is 0 Å². The lowest BCUT2D eigenvalue weighted by atomic mass is 10.1. The highest BCUT2D eigenvalue weighted by molar-refractivity contribution is 7.99. The van der Waals surface area contributed by atoms with Crippen LogP contribution >= 0.6 is 11.8 Å². The molecule has 0 N–H and O–H groups in total. The smallest absolute Gasteiger partial charge is 0.191 e. The molecule has 0 amide bonds. The van der Waals surface area contributed by atoms with E-state index in [0.29, 0.717) is 0 Å². The molecular weight excluding hydrogens is 308 g/mol. The van der Waals surface area contributed by atoms with Crippen molar-refractivity contribution in [2.24, 2.45) is 12.5 Å². The van der Waals surface area contributed by atoms with Crippen LogP contribution in [-0.2, 0) is 7.05 Å². The van der Waals surface area contributed by atoms with Gasteiger partial charge in [-0.15, -0.1) is 10.2 Å². The SMILES string of the molecule is Cn1c(SCCCN2CCC3(CC3)C2)nnc1-c1cnccn1. The van der Waals surface area contributed by atoms with Crippen LogP contribution in [0.5, 0.6) is 0 Å². The number of aromatic nitrogens is 5. The number of hydrogen-bond donors (Lipinski definition) is 0. The molecule has 2 fully saturated rings. The van der Waals surface area contributed by atoms with Gasteiger partial charge in [-0.3, -0.25) is 4.98 Å². The molecule has 0 bridgehead atoms. The normalized spacial score (nSPS) is 19.5. The maximum atomic E-state index is 4.29. The monoisotopic (exact) mass is 330 g/mol. The Morgan fingerprint density at radius 1 is 1.22 bits per heavy atom. The first-order valence-electron chi connectivity index (χ1n) is 8.27. The van der Waals surface area contributed by atoms with Gasteiger partial charge in [0.1, 0.15) is 5.69 Å². The van der Waals surface area contributed by atoms with E-state index in [1.54, 1.807) is 30.4 Å². The van der Waals surface area contributed by atoms with Crippen LogP contribution < -0.4 is 0 Å². The van der Waals surface area contributed by atoms with E-state index in [9.17, 15) is 0 Å². The molecule has 1 aliphatic heterocycles. The topological polar surface area (TPSA) is 59.7 Å². The van der Waals surface area contributed by atoms with E-state index in [-0.39, 0.29) is 0 Å². The molecule has 1 saturated heterocycles. The average molecular weight is 330 g/mol. The maximum Gasteiger partial charge on any atom is 0.191 e. The van der Waals surface area contributed by atoms with Crippen molar-refractivity contribution in [1.82, 2.24) is 29.6 Å². The van der Waals surface area contributed by atoms with Gasteiger partial charge >= 0.3 is 0 Å². The Balaban J connectivity index is 1.27. The summed E-state index contributed by atoms with van der Waals surface area (Å²) in [5.74, 6) is 1.85. The maximum absolute atomic E-state index is 4.29. The van der Waals surface area contributed by atoms with E-state index in [2.05, 4.69) is 25.1 Å². The summed E-state index contributed by atoms with van der Waals surface area (Å²) in [6, 6.07) is 0. The molecule has 6 nitrogen and oxygen atoms in total. The van der Waals surface area contributed by atoms with Gasteiger partial charge in [0.15, 0.2) is 11.0 Å². The molecule has 0 unspecified atom stereocenters. The minimum Gasteiger partial charge on any atom is -0.304 e. The molecule has 3 heterocycles. The molecule has 7 heteroatoms. The van der Waals surface area contributed by atoms with Crippen LogP contribution in [0.1, 0.15) is 25.7 Å². The summed E-state index contributed by atoms with van der Waals surface area (Å²) >= 11 is 1.78. The summed E-state index contributed by atoms with van der Waals surface area (Å²) in [5, 5.41) is 9.49. The Kier molecular flexibility index (Phi) is 4.07. The Morgan fingerprint density at radius 3 is 2.87 bits per heavy atom. The van der Waals surface area contributed by atoms with E-state index in [0.717, 1.165) is 27.8 Å². The standard InChI is InChI=1S/C16H22N6S/c1-21-14(13-11-17-6-7-18-13)19-20-15(21)23-10-2-8-22-9-5-16(12-22)3-4-16/h6-7,11H,2-5,8-10,12H2,1H3. The van der Waals surface area contributed by atoms with Crippen molar-refractivity contribution in [2.75, 3.05) is 25.4 Å². The molecule has 0 aromatic carbocycles. The molecule has 2 aliphatic rings. The highest BCUT2D eigenvalue weighted by atomic mass is 32.2. The zero-order valence-electron chi connectivity index (χ0n) is 13.5. The lowest BCUT2D eigenvalue weighted by Gasteiger charge is -2.15. The van der Waals surface area contributed by atoms with Gasteiger partial charge in [-0.1, -0.05) is 11.8 Å². The highest BCUT2D eigenvalue weighted by Gasteiger charge is 2.47. The second-order valence-electron chi connectivity index (χ2n) is 6.68. The lowest BCUT2D eigenvalue weighted by molar-refractivity contribution is 0.321. The number of likely N-dealkylation sites (tertiary alicyclic amines) is 1. The van der Waals surface area contributed by atoms with Crippen LogP contribution in [0.25, 0.3) is 11.5 Å². The first kappa shape index (κ1) is 15.1. The Morgan fingerprint density at radius 2 is 2.13 bits per heavy atom. The van der Waals surface area contributed by atoms with E-state index in [1.807, 2.05) is 11.6 Å². The molecule has 1 aliphatic carbocycles. The van der Waals surface area contributed by atoms with Crippen LogP contribution in [0.3, 0.4) is 0 Å². The number of thioether (sulfide) groups is 1. The molecule has 2 aromatic heterocycles. The third-order valence-corrected chi connectivity index (χ3v) is 6.06. The number of nitrogens with zero attached hydrogens (tertiary/aromatic N) is 6. The first-order valence-corrected chi connectivity index (χ1v) is 9.25. The predicted molar refractivity (Wildman–Crippen MR) is 90.1 cm³/mol. The zero-order chi connectivity index (χ0) is 15.7. The van der Waals surface area contributed by atoms with Gasteiger partial charge in [0.25, 0.3) is 0 Å². The second kappa shape index (κ2) is 6.20. The van der Waals surface area contributed by atoms with Gasteiger partial charge < -0.3 is 9.47 Å². The van der Waals surface area contributed by atoms with Crippen molar-refractivity contribution in [2.45, 2.75) is 30.8 Å². The molecule has 23 heavy (non-hydrogen) atoms. The third-order valence-electron chi connectivity index (χ3n) is 4.95. The van der Waals surface area contributed by atoms with Crippen molar-refractivity contribution in [3.8, 4) is 11.5 Å². The average Bonchev–Trinajstić information content (AvgIpc) is 3.06. The first-order chi connectivity index (χ1) is 11.3. The van der Waals surface area contributed by atoms with E-state index >= 15 is 0 Å². The summed E-state index contributed by atoms with van der Waals surface area (Å²) in [4.78, 5) is 11.0. The van der Waals surface area contributed by atoms with Crippen LogP contribution in [-0.4, -0.2) is 55.0 Å². The van der Waals surface area contributed by atoms with E-state index < -0.39 is 0 Å². The summed E-state index contributed by atoms with van der Waals surface area (Å²) in [6.45, 7) is 3.84. The number of rotatable bonds is 6. The molecule has 122 valence electrons. The Bertz CT molecular complexity index is 666. The van der Waals surface area contributed by atoms with Crippen LogP contribution in [0, 0.1) is 5.41 Å². The molecule has 0 radical (unpaired) electrons. The molecule has 1 spiro atoms. The fourth-order valence-corrected chi connectivity index (χ4v) is 4.17. The zero-order valence-corrected chi connectivity index (χ0v) is 14.3. The summed E-state index contributed by atoms with van der Waals surface area (Å²) in [5.41, 5.74) is 1.50. The molecule has 2 aromatic rings. The van der Waals surface area contributed by atoms with Crippen molar-refractivity contribution in [3.05, 3.63) is 18.6 Å². The van der Waals surface area contributed by atoms with Crippen LogP contribution in [0.2, 0.25) is 0 Å². The van der Waals surface area contributed by atoms with Gasteiger partial charge in [0.05, 0.1) is 6.20 Å². The largest absolute Gasteiger partial charge is 0.304 e. The van der Waals surface area contributed by atoms with Gasteiger partial charge in [-0.25, -0.2) is 4.98 Å². The van der Waals surface area contributed by atoms with Crippen molar-refractivity contribution in [1.29, 1.82) is 0 Å². The molecule has 0 atom stereocenters. The quantitative estimate of drug-likeness (QED) is 0.598. The third kappa shape index (κ3) is 3.26. The van der Waals surface area contributed by atoms with Crippen molar-refractivity contribution >= 4 is 11.8 Å². The van der Waals surface area contributed by atoms with Gasteiger partial charge in [0.2, 0.25) is 0 Å². The predicted octanol–water partition coefficient (Wildman–Crippen LogP) is 2.24. The molecular formula is C16H22N6S. The Labute approximate surface area is 140 Å². The minimum absolute atomic E-state index is 0.738. The number of hydrogen-bond acceptors (Lipinski definition) is 6. The summed E-state index contributed by atoms with van der Waals surface area (Å²) in [6.07, 6.45) is 10.6. The minimum atomic E-state index is 0.738. The van der Waals surface area contributed by atoms with Crippen LogP contribution in [0.4, 0.5) is 0 Å². The van der Waals surface area contributed by atoms with Crippen molar-refractivity contribution < 1.29 is 0 Å². The molecule has 1 saturated carbocycles. The van der Waals surface area contributed by atoms with Crippen molar-refractivity contribution in [3.63, 3.8) is 0 Å². The Hall–Kier alpha value is -1.47. The van der Waals surface area contributed by atoms with Crippen LogP contribution in [0.15, 0.2) is 23.7 Å². The van der Waals surface area contributed by atoms with Gasteiger partial charge in [-0.05, 0) is 44.2 Å². The lowest BCUT2D eigenvalue weighted by Crippen LogP contribution is -2.22. The molecule has 4 rings (SSSR count). The fraction of sp³-hybridized carbons (Fsp3) is 0.625.